The molecule has 0 atom stereocenters. The monoisotopic (exact) mass is 774 g/mol. The van der Waals surface area contributed by atoms with Crippen molar-refractivity contribution in [3.8, 4) is 39.9 Å². The molecule has 60 heavy (non-hydrogen) atoms. The summed E-state index contributed by atoms with van der Waals surface area (Å²) in [5.41, 5.74) is 11.2. The van der Waals surface area contributed by atoms with Crippen LogP contribution in [-0.4, -0.2) is 19.5 Å². The van der Waals surface area contributed by atoms with Gasteiger partial charge in [0.25, 0.3) is 0 Å². The van der Waals surface area contributed by atoms with E-state index in [9.17, 15) is 0 Å². The van der Waals surface area contributed by atoms with Crippen molar-refractivity contribution in [2.45, 2.75) is 51.4 Å². The number of fused-ring (bicyclic) bond motifs is 9. The maximum atomic E-state index is 6.16. The van der Waals surface area contributed by atoms with Gasteiger partial charge in [-0.25, -0.2) is 15.0 Å². The zero-order valence-corrected chi connectivity index (χ0v) is 34.1. The van der Waals surface area contributed by atoms with E-state index >= 15 is 0 Å². The van der Waals surface area contributed by atoms with Gasteiger partial charge >= 0.3 is 0 Å². The van der Waals surface area contributed by atoms with Crippen LogP contribution in [0.4, 0.5) is 0 Å². The second-order valence-corrected chi connectivity index (χ2v) is 18.0. The lowest BCUT2D eigenvalue weighted by Crippen LogP contribution is -2.33. The van der Waals surface area contributed by atoms with Crippen LogP contribution in [-0.2, 0) is 10.8 Å². The van der Waals surface area contributed by atoms with Crippen LogP contribution < -0.4 is 0 Å². The Labute approximate surface area is 348 Å². The summed E-state index contributed by atoms with van der Waals surface area (Å²) >= 11 is 0. The molecule has 0 amide bonds. The molecule has 5 heteroatoms. The van der Waals surface area contributed by atoms with E-state index in [4.69, 9.17) is 19.4 Å². The predicted octanol–water partition coefficient (Wildman–Crippen LogP) is 14.5. The molecule has 0 spiro atoms. The van der Waals surface area contributed by atoms with Gasteiger partial charge in [0.2, 0.25) is 0 Å². The van der Waals surface area contributed by atoms with Crippen LogP contribution >= 0.6 is 0 Å². The van der Waals surface area contributed by atoms with Crippen LogP contribution in [0, 0.1) is 0 Å². The van der Waals surface area contributed by atoms with Gasteiger partial charge in [0.05, 0.1) is 11.0 Å². The number of benzene rings is 8. The maximum Gasteiger partial charge on any atom is 0.164 e. The molecule has 11 aromatic rings. The van der Waals surface area contributed by atoms with Gasteiger partial charge in [0.1, 0.15) is 11.2 Å². The van der Waals surface area contributed by atoms with Crippen molar-refractivity contribution in [1.82, 2.24) is 19.5 Å². The molecule has 3 heterocycles. The Morgan fingerprint density at radius 2 is 1.00 bits per heavy atom. The largest absolute Gasteiger partial charge is 0.456 e. The first kappa shape index (κ1) is 34.9. The molecule has 8 aromatic carbocycles. The second-order valence-electron chi connectivity index (χ2n) is 18.0. The summed E-state index contributed by atoms with van der Waals surface area (Å²) in [7, 11) is 0. The molecular weight excluding hydrogens is 733 g/mol. The normalized spacial score (nSPS) is 14.8. The van der Waals surface area contributed by atoms with Crippen molar-refractivity contribution in [2.75, 3.05) is 0 Å². The minimum Gasteiger partial charge on any atom is -0.456 e. The quantitative estimate of drug-likeness (QED) is 0.179. The van der Waals surface area contributed by atoms with Gasteiger partial charge in [-0.05, 0) is 123 Å². The maximum absolute atomic E-state index is 6.16. The number of hydrogen-bond acceptors (Lipinski definition) is 4. The summed E-state index contributed by atoms with van der Waals surface area (Å²) in [6, 6.07) is 56.4. The lowest BCUT2D eigenvalue weighted by molar-refractivity contribution is 0.332. The number of furan rings is 1. The van der Waals surface area contributed by atoms with Crippen molar-refractivity contribution in [2.24, 2.45) is 0 Å². The van der Waals surface area contributed by atoms with Gasteiger partial charge in [-0.2, -0.15) is 0 Å². The lowest BCUT2D eigenvalue weighted by Gasteiger charge is -2.42. The summed E-state index contributed by atoms with van der Waals surface area (Å²) in [5.74, 6) is 1.88. The molecule has 0 saturated carbocycles. The predicted molar refractivity (Wildman–Crippen MR) is 248 cm³/mol. The molecule has 3 aromatic heterocycles. The van der Waals surface area contributed by atoms with Gasteiger partial charge in [-0.3, -0.25) is 0 Å². The van der Waals surface area contributed by atoms with E-state index in [1.165, 1.54) is 56.5 Å². The minimum absolute atomic E-state index is 0.0867. The average Bonchev–Trinajstić information content (AvgIpc) is 3.81. The van der Waals surface area contributed by atoms with Crippen LogP contribution in [0.3, 0.4) is 0 Å². The molecule has 288 valence electrons. The van der Waals surface area contributed by atoms with Gasteiger partial charge in [0, 0.05) is 43.9 Å². The Bertz CT molecular complexity index is 3550. The van der Waals surface area contributed by atoms with Crippen LogP contribution in [0.5, 0.6) is 0 Å². The fourth-order valence-corrected chi connectivity index (χ4v) is 9.77. The number of aromatic nitrogens is 4. The number of hydrogen-bond donors (Lipinski definition) is 0. The summed E-state index contributed by atoms with van der Waals surface area (Å²) in [5, 5.41) is 9.47. The highest BCUT2D eigenvalue weighted by Gasteiger charge is 2.38. The highest BCUT2D eigenvalue weighted by molar-refractivity contribution is 6.14. The van der Waals surface area contributed by atoms with Gasteiger partial charge in [-0.15, -0.1) is 0 Å². The van der Waals surface area contributed by atoms with Crippen LogP contribution in [0.1, 0.15) is 51.7 Å². The number of nitrogens with zero attached hydrogens (tertiary/aromatic N) is 4. The summed E-state index contributed by atoms with van der Waals surface area (Å²) in [6.45, 7) is 9.67. The Kier molecular flexibility index (Phi) is 7.38. The minimum atomic E-state index is 0.0867. The molecule has 0 N–H and O–H groups in total. The SMILES string of the molecule is CC1(C)CCC(C)(C)c2cc3c(cc21)c1cc2ccccc2cc1n3-c1ccc2ccc(-c3nc(-c4ccccc4)nc(-c4ccc5oc6ccccc6c5c4)n3)cc2c1. The third-order valence-corrected chi connectivity index (χ3v) is 13.2. The fraction of sp³-hybridized carbons (Fsp3) is 0.145. The van der Waals surface area contributed by atoms with E-state index in [2.05, 4.69) is 141 Å². The molecule has 5 nitrogen and oxygen atoms in total. The van der Waals surface area contributed by atoms with Crippen LogP contribution in [0.15, 0.2) is 162 Å². The lowest BCUT2D eigenvalue weighted by atomic mass is 9.63. The van der Waals surface area contributed by atoms with E-state index in [0.717, 1.165) is 55.1 Å². The van der Waals surface area contributed by atoms with E-state index in [1.807, 2.05) is 48.5 Å². The molecular formula is C55H42N4O. The molecule has 0 bridgehead atoms. The first-order chi connectivity index (χ1) is 29.2. The molecule has 0 fully saturated rings. The van der Waals surface area contributed by atoms with E-state index < -0.39 is 0 Å². The number of rotatable bonds is 4. The first-order valence-electron chi connectivity index (χ1n) is 21.0. The molecule has 0 saturated heterocycles. The molecule has 0 aliphatic heterocycles. The molecule has 12 rings (SSSR count). The Morgan fingerprint density at radius 3 is 1.78 bits per heavy atom. The highest BCUT2D eigenvalue weighted by atomic mass is 16.3. The topological polar surface area (TPSA) is 56.7 Å². The van der Waals surface area contributed by atoms with Crippen molar-refractivity contribution < 1.29 is 4.42 Å². The van der Waals surface area contributed by atoms with Crippen molar-refractivity contribution in [3.05, 3.63) is 169 Å². The standard InChI is InChI=1S/C55H42N4O/c1-54(2)24-25-55(3,4)46-32-48-43(31-45(46)54)42-28-35-14-8-9-15-36(35)30-47(42)59(48)40-22-20-33-18-19-37(26-39(33)27-40)52-56-51(34-12-6-5-7-13-34)57-53(58-52)38-21-23-50-44(29-38)41-16-10-11-17-49(41)60-50/h5-23,26-32H,24-25H2,1-4H3. The molecule has 1 aliphatic rings. The van der Waals surface area contributed by atoms with Crippen LogP contribution in [0.25, 0.3) is 105 Å². The Hall–Kier alpha value is -7.11. The fourth-order valence-electron chi connectivity index (χ4n) is 9.77. The third-order valence-electron chi connectivity index (χ3n) is 13.2. The van der Waals surface area contributed by atoms with Gasteiger partial charge in [-0.1, -0.05) is 119 Å². The van der Waals surface area contributed by atoms with Gasteiger partial charge in [0.15, 0.2) is 17.5 Å². The summed E-state index contributed by atoms with van der Waals surface area (Å²) in [4.78, 5) is 15.3. The van der Waals surface area contributed by atoms with E-state index in [1.54, 1.807) is 0 Å². The van der Waals surface area contributed by atoms with Crippen molar-refractivity contribution in [3.63, 3.8) is 0 Å². The molecule has 1 aliphatic carbocycles. The zero-order chi connectivity index (χ0) is 40.3. The number of para-hydroxylation sites is 1. The zero-order valence-electron chi connectivity index (χ0n) is 34.1. The first-order valence-corrected chi connectivity index (χ1v) is 21.0. The Morgan fingerprint density at radius 1 is 0.417 bits per heavy atom. The molecule has 0 radical (unpaired) electrons. The van der Waals surface area contributed by atoms with E-state index in [0.29, 0.717) is 17.5 Å². The van der Waals surface area contributed by atoms with Crippen molar-refractivity contribution in [1.29, 1.82) is 0 Å². The van der Waals surface area contributed by atoms with Gasteiger partial charge < -0.3 is 8.98 Å². The Balaban J connectivity index is 1.05. The second kappa shape index (κ2) is 12.7. The highest BCUT2D eigenvalue weighted by Crippen LogP contribution is 2.49. The van der Waals surface area contributed by atoms with E-state index in [-0.39, 0.29) is 10.8 Å². The van der Waals surface area contributed by atoms with Crippen molar-refractivity contribution >= 4 is 65.3 Å². The molecule has 0 unspecified atom stereocenters. The smallest absolute Gasteiger partial charge is 0.164 e. The van der Waals surface area contributed by atoms with Crippen LogP contribution in [0.2, 0.25) is 0 Å². The summed E-state index contributed by atoms with van der Waals surface area (Å²) in [6.07, 6.45) is 2.35. The average molecular weight is 775 g/mol. The summed E-state index contributed by atoms with van der Waals surface area (Å²) < 4.78 is 8.65. The third kappa shape index (κ3) is 5.42.